The van der Waals surface area contributed by atoms with Crippen molar-refractivity contribution in [1.29, 1.82) is 0 Å². The van der Waals surface area contributed by atoms with E-state index < -0.39 is 20.9 Å². The van der Waals surface area contributed by atoms with Crippen molar-refractivity contribution in [3.8, 4) is 0 Å². The third-order valence-electron chi connectivity index (χ3n) is 3.74. The minimum absolute atomic E-state index is 0.336. The number of likely N-dealkylation sites (N-methyl/N-ethyl adjacent to an activating group) is 1. The predicted molar refractivity (Wildman–Crippen MR) is 71.8 cm³/mol. The molecule has 0 spiro atoms. The van der Waals surface area contributed by atoms with Crippen LogP contribution < -0.4 is 0 Å². The van der Waals surface area contributed by atoms with Crippen LogP contribution in [0.1, 0.15) is 34.1 Å². The van der Waals surface area contributed by atoms with E-state index in [-0.39, 0.29) is 11.8 Å². The highest BCUT2D eigenvalue weighted by atomic mass is 32.2. The second kappa shape index (κ2) is 5.84. The van der Waals surface area contributed by atoms with Gasteiger partial charge in [-0.1, -0.05) is 27.4 Å². The van der Waals surface area contributed by atoms with Crippen LogP contribution in [0.3, 0.4) is 0 Å². The molecule has 18 heavy (non-hydrogen) atoms. The normalized spacial score (nSPS) is 17.1. The van der Waals surface area contributed by atoms with Crippen LogP contribution in [0.25, 0.3) is 0 Å². The molecule has 0 aromatic carbocycles. The lowest BCUT2D eigenvalue weighted by Gasteiger charge is -2.42. The summed E-state index contributed by atoms with van der Waals surface area (Å²) in [6.07, 6.45) is 1.55. The zero-order chi connectivity index (χ0) is 14.7. The van der Waals surface area contributed by atoms with E-state index >= 15 is 0 Å². The highest BCUT2D eigenvalue weighted by Crippen LogP contribution is 2.34. The fraction of sp³-hybridized carbons (Fsp3) is 0.750. The molecule has 5 nitrogen and oxygen atoms in total. The molecule has 0 rings (SSSR count). The summed E-state index contributed by atoms with van der Waals surface area (Å²) in [5.41, 5.74) is 0. The Morgan fingerprint density at radius 3 is 2.17 bits per heavy atom. The highest BCUT2D eigenvalue weighted by Gasteiger charge is 2.49. The van der Waals surface area contributed by atoms with Crippen LogP contribution in [0, 0.1) is 5.92 Å². The van der Waals surface area contributed by atoms with E-state index in [1.165, 1.54) is 18.9 Å². The van der Waals surface area contributed by atoms with Gasteiger partial charge in [-0.2, -0.15) is 8.42 Å². The second-order valence-electron chi connectivity index (χ2n) is 4.89. The van der Waals surface area contributed by atoms with E-state index in [4.69, 9.17) is 0 Å². The van der Waals surface area contributed by atoms with Gasteiger partial charge in [0.15, 0.2) is 0 Å². The van der Waals surface area contributed by atoms with Gasteiger partial charge >= 0.3 is 0 Å². The van der Waals surface area contributed by atoms with Crippen molar-refractivity contribution in [3.05, 3.63) is 12.7 Å². The molecule has 2 unspecified atom stereocenters. The number of amides is 1. The molecule has 1 N–H and O–H groups in total. The van der Waals surface area contributed by atoms with Gasteiger partial charge in [-0.15, -0.1) is 0 Å². The molecule has 0 fully saturated rings. The summed E-state index contributed by atoms with van der Waals surface area (Å²) in [5, 5.41) is 0. The lowest BCUT2D eigenvalue weighted by Crippen LogP contribution is -2.58. The van der Waals surface area contributed by atoms with Gasteiger partial charge in [0.05, 0.1) is 6.04 Å². The van der Waals surface area contributed by atoms with Crippen LogP contribution in [-0.4, -0.2) is 41.6 Å². The van der Waals surface area contributed by atoms with Crippen LogP contribution in [0.15, 0.2) is 12.7 Å². The van der Waals surface area contributed by atoms with Crippen molar-refractivity contribution in [2.24, 2.45) is 5.92 Å². The van der Waals surface area contributed by atoms with Gasteiger partial charge in [0.25, 0.3) is 10.1 Å². The topological polar surface area (TPSA) is 74.7 Å². The summed E-state index contributed by atoms with van der Waals surface area (Å²) in [6, 6.07) is -0.613. The molecule has 2 atom stereocenters. The first-order valence-electron chi connectivity index (χ1n) is 5.90. The van der Waals surface area contributed by atoms with Gasteiger partial charge in [0, 0.05) is 7.05 Å². The molecule has 0 aromatic rings. The van der Waals surface area contributed by atoms with Gasteiger partial charge in [0.2, 0.25) is 5.91 Å². The summed E-state index contributed by atoms with van der Waals surface area (Å²) in [4.78, 5) is 13.0. The molecule has 6 heteroatoms. The first-order chi connectivity index (χ1) is 8.03. The molecule has 0 aliphatic rings. The fourth-order valence-electron chi connectivity index (χ4n) is 2.22. The Labute approximate surface area is 110 Å². The molecule has 0 radical (unpaired) electrons. The molecule has 0 saturated heterocycles. The van der Waals surface area contributed by atoms with Crippen LogP contribution in [-0.2, 0) is 14.9 Å². The van der Waals surface area contributed by atoms with Crippen LogP contribution in [0.5, 0.6) is 0 Å². The zero-order valence-electron chi connectivity index (χ0n) is 11.7. The van der Waals surface area contributed by atoms with E-state index in [9.17, 15) is 17.8 Å². The predicted octanol–water partition coefficient (Wildman–Crippen LogP) is 1.71. The maximum atomic E-state index is 11.7. The maximum absolute atomic E-state index is 11.7. The van der Waals surface area contributed by atoms with E-state index in [0.717, 1.165) is 6.08 Å². The third-order valence-corrected chi connectivity index (χ3v) is 5.60. The monoisotopic (exact) mass is 277 g/mol. The Morgan fingerprint density at radius 1 is 1.50 bits per heavy atom. The Morgan fingerprint density at radius 2 is 1.94 bits per heavy atom. The molecule has 0 bridgehead atoms. The molecule has 0 saturated carbocycles. The van der Waals surface area contributed by atoms with Gasteiger partial charge in [-0.05, 0) is 25.3 Å². The minimum Gasteiger partial charge on any atom is -0.338 e. The molecular weight excluding hydrogens is 254 g/mol. The van der Waals surface area contributed by atoms with Crippen molar-refractivity contribution < 1.29 is 17.8 Å². The Kier molecular flexibility index (Phi) is 5.55. The molecule has 106 valence electrons. The SMILES string of the molecule is C=CC(=O)N(C)C(CC)C(C)(C(C)C)S(=O)(=O)O. The summed E-state index contributed by atoms with van der Waals surface area (Å²) in [7, 11) is -2.77. The zero-order valence-corrected chi connectivity index (χ0v) is 12.5. The minimum atomic E-state index is -4.29. The summed E-state index contributed by atoms with van der Waals surface area (Å²) >= 11 is 0. The number of hydrogen-bond acceptors (Lipinski definition) is 3. The molecule has 0 heterocycles. The molecule has 0 aliphatic carbocycles. The quantitative estimate of drug-likeness (QED) is 0.592. The number of carbonyl (C=O) groups excluding carboxylic acids is 1. The van der Waals surface area contributed by atoms with Crippen LogP contribution in [0.2, 0.25) is 0 Å². The Bertz CT molecular complexity index is 416. The fourth-order valence-corrected chi connectivity index (χ4v) is 3.48. The van der Waals surface area contributed by atoms with Crippen molar-refractivity contribution in [2.45, 2.75) is 44.9 Å². The summed E-state index contributed by atoms with van der Waals surface area (Å²) < 4.78 is 31.5. The molecular formula is C12H23NO4S. The smallest absolute Gasteiger partial charge is 0.272 e. The largest absolute Gasteiger partial charge is 0.338 e. The molecule has 0 aliphatic heterocycles. The standard InChI is InChI=1S/C12H23NO4S/c1-7-10(13(6)11(14)8-2)12(5,9(3)4)18(15,16)17/h8-10H,2,7H2,1,3-6H3,(H,15,16,17). The van der Waals surface area contributed by atoms with Crippen molar-refractivity contribution in [1.82, 2.24) is 4.90 Å². The summed E-state index contributed by atoms with van der Waals surface area (Å²) in [6.45, 7) is 10.1. The average Bonchev–Trinajstić information content (AvgIpc) is 2.26. The average molecular weight is 277 g/mol. The van der Waals surface area contributed by atoms with Crippen LogP contribution >= 0.6 is 0 Å². The van der Waals surface area contributed by atoms with Gasteiger partial charge in [-0.25, -0.2) is 0 Å². The molecule has 0 aromatic heterocycles. The van der Waals surface area contributed by atoms with Gasteiger partial charge < -0.3 is 4.90 Å². The van der Waals surface area contributed by atoms with E-state index in [2.05, 4.69) is 6.58 Å². The highest BCUT2D eigenvalue weighted by molar-refractivity contribution is 7.87. The van der Waals surface area contributed by atoms with Gasteiger partial charge in [-0.3, -0.25) is 9.35 Å². The number of carbonyl (C=O) groups is 1. The van der Waals surface area contributed by atoms with Crippen molar-refractivity contribution in [3.63, 3.8) is 0 Å². The van der Waals surface area contributed by atoms with Crippen molar-refractivity contribution in [2.75, 3.05) is 7.05 Å². The maximum Gasteiger partial charge on any atom is 0.272 e. The van der Waals surface area contributed by atoms with E-state index in [1.807, 2.05) is 0 Å². The van der Waals surface area contributed by atoms with Crippen molar-refractivity contribution >= 4 is 16.0 Å². The molecule has 1 amide bonds. The lowest BCUT2D eigenvalue weighted by atomic mass is 9.86. The Balaban J connectivity index is 5.74. The summed E-state index contributed by atoms with van der Waals surface area (Å²) in [5.74, 6) is -0.699. The van der Waals surface area contributed by atoms with Gasteiger partial charge in [0.1, 0.15) is 4.75 Å². The van der Waals surface area contributed by atoms with E-state index in [1.54, 1.807) is 20.8 Å². The number of rotatable bonds is 6. The third kappa shape index (κ3) is 2.92. The van der Waals surface area contributed by atoms with E-state index in [0.29, 0.717) is 6.42 Å². The first kappa shape index (κ1) is 17.1. The van der Waals surface area contributed by atoms with Crippen LogP contribution in [0.4, 0.5) is 0 Å². The lowest BCUT2D eigenvalue weighted by molar-refractivity contribution is -0.127. The Hall–Kier alpha value is -0.880. The first-order valence-corrected chi connectivity index (χ1v) is 7.34. The number of hydrogen-bond donors (Lipinski definition) is 1. The second-order valence-corrected chi connectivity index (χ2v) is 6.72. The number of nitrogens with zero attached hydrogens (tertiary/aromatic N) is 1.